The molecular formula is C23H22ClFN2OS. The van der Waals surface area contributed by atoms with Gasteiger partial charge < -0.3 is 0 Å². The summed E-state index contributed by atoms with van der Waals surface area (Å²) in [6.45, 7) is 2.03. The average molecular weight is 429 g/mol. The Balaban J connectivity index is 1.73. The number of carbonyl (C=O) groups excluding carboxylic acids is 1. The number of carbonyl (C=O) groups is 1. The summed E-state index contributed by atoms with van der Waals surface area (Å²) in [7, 11) is 0. The third kappa shape index (κ3) is 4.41. The highest BCUT2D eigenvalue weighted by molar-refractivity contribution is 8.18. The molecule has 2 fully saturated rings. The molecular weight excluding hydrogens is 407 g/mol. The van der Waals surface area contributed by atoms with Crippen molar-refractivity contribution in [2.24, 2.45) is 4.99 Å². The molecule has 0 bridgehead atoms. The predicted molar refractivity (Wildman–Crippen MR) is 119 cm³/mol. The minimum atomic E-state index is -0.438. The summed E-state index contributed by atoms with van der Waals surface area (Å²) in [6.07, 6.45) is 6.89. The molecule has 0 spiro atoms. The molecule has 1 aliphatic carbocycles. The zero-order valence-electron chi connectivity index (χ0n) is 16.2. The van der Waals surface area contributed by atoms with E-state index in [1.165, 1.54) is 24.2 Å². The first kappa shape index (κ1) is 20.2. The van der Waals surface area contributed by atoms with Gasteiger partial charge in [0.15, 0.2) is 5.17 Å². The lowest BCUT2D eigenvalue weighted by Crippen LogP contribution is -2.40. The molecule has 0 N–H and O–H groups in total. The van der Waals surface area contributed by atoms with Crippen LogP contribution < -0.4 is 0 Å². The first-order valence-electron chi connectivity index (χ1n) is 9.85. The van der Waals surface area contributed by atoms with Crippen molar-refractivity contribution in [1.82, 2.24) is 4.90 Å². The van der Waals surface area contributed by atoms with E-state index in [-0.39, 0.29) is 17.5 Å². The number of hydrogen-bond acceptors (Lipinski definition) is 3. The molecule has 4 rings (SSSR count). The van der Waals surface area contributed by atoms with Crippen molar-refractivity contribution in [3.8, 4) is 0 Å². The smallest absolute Gasteiger partial charge is 0.267 e. The maximum absolute atomic E-state index is 14.3. The number of benzene rings is 2. The van der Waals surface area contributed by atoms with Gasteiger partial charge in [-0.15, -0.1) is 0 Å². The van der Waals surface area contributed by atoms with E-state index in [1.54, 1.807) is 18.2 Å². The number of rotatable bonds is 3. The van der Waals surface area contributed by atoms with Gasteiger partial charge in [0, 0.05) is 11.6 Å². The number of aryl methyl sites for hydroxylation is 1. The number of aliphatic imine (C=N–C) groups is 1. The zero-order valence-corrected chi connectivity index (χ0v) is 17.8. The molecule has 1 amide bonds. The molecule has 2 aliphatic rings. The van der Waals surface area contributed by atoms with Crippen LogP contribution >= 0.6 is 23.4 Å². The van der Waals surface area contributed by atoms with E-state index in [2.05, 4.69) is 0 Å². The van der Waals surface area contributed by atoms with Crippen LogP contribution in [0, 0.1) is 12.7 Å². The number of amides is 1. The maximum Gasteiger partial charge on any atom is 0.267 e. The molecule has 1 aliphatic heterocycles. The van der Waals surface area contributed by atoms with Crippen LogP contribution in [0.4, 0.5) is 10.1 Å². The van der Waals surface area contributed by atoms with Crippen LogP contribution in [-0.4, -0.2) is 22.0 Å². The number of nitrogens with zero attached hydrogens (tertiary/aromatic N) is 2. The number of hydrogen-bond donors (Lipinski definition) is 0. The summed E-state index contributed by atoms with van der Waals surface area (Å²) in [5.74, 6) is -0.557. The molecule has 3 nitrogen and oxygen atoms in total. The highest BCUT2D eigenvalue weighted by Gasteiger charge is 2.38. The van der Waals surface area contributed by atoms with E-state index in [9.17, 15) is 9.18 Å². The molecule has 2 aromatic carbocycles. The van der Waals surface area contributed by atoms with Crippen LogP contribution in [0.5, 0.6) is 0 Å². The standard InChI is InChI=1S/C23H22ClFN2OS/c1-15-10-12-16(13-11-15)26-23-27(17-6-3-2-4-7-17)22(28)21(29-23)14-18-19(24)8-5-9-20(18)25/h5,8-14,17H,2-4,6-7H2,1H3/b21-14+,26-23?. The Morgan fingerprint density at radius 3 is 2.55 bits per heavy atom. The normalized spacial score (nSPS) is 20.8. The van der Waals surface area contributed by atoms with Crippen LogP contribution in [-0.2, 0) is 4.79 Å². The second-order valence-electron chi connectivity index (χ2n) is 7.44. The number of amidine groups is 1. The van der Waals surface area contributed by atoms with Crippen LogP contribution in [0.2, 0.25) is 5.02 Å². The van der Waals surface area contributed by atoms with Crippen molar-refractivity contribution < 1.29 is 9.18 Å². The highest BCUT2D eigenvalue weighted by atomic mass is 35.5. The quantitative estimate of drug-likeness (QED) is 0.508. The van der Waals surface area contributed by atoms with Gasteiger partial charge in [0.25, 0.3) is 5.91 Å². The Bertz CT molecular complexity index is 961. The molecule has 1 saturated heterocycles. The monoisotopic (exact) mass is 428 g/mol. The van der Waals surface area contributed by atoms with Gasteiger partial charge in [-0.05, 0) is 61.9 Å². The van der Waals surface area contributed by atoms with Crippen LogP contribution in [0.1, 0.15) is 43.2 Å². The van der Waals surface area contributed by atoms with Gasteiger partial charge in [0.2, 0.25) is 0 Å². The molecule has 0 radical (unpaired) electrons. The Hall–Kier alpha value is -2.11. The Kier molecular flexibility index (Phi) is 6.07. The Labute approximate surface area is 179 Å². The van der Waals surface area contributed by atoms with Gasteiger partial charge in [0.1, 0.15) is 5.82 Å². The van der Waals surface area contributed by atoms with Crippen molar-refractivity contribution in [1.29, 1.82) is 0 Å². The Morgan fingerprint density at radius 1 is 1.14 bits per heavy atom. The third-order valence-electron chi connectivity index (χ3n) is 5.31. The minimum Gasteiger partial charge on any atom is -0.283 e. The lowest BCUT2D eigenvalue weighted by atomic mass is 9.94. The van der Waals surface area contributed by atoms with Gasteiger partial charge >= 0.3 is 0 Å². The van der Waals surface area contributed by atoms with Crippen molar-refractivity contribution in [2.45, 2.75) is 45.1 Å². The van der Waals surface area contributed by atoms with Crippen LogP contribution in [0.3, 0.4) is 0 Å². The first-order chi connectivity index (χ1) is 14.0. The fourth-order valence-electron chi connectivity index (χ4n) is 3.74. The van der Waals surface area contributed by atoms with Crippen molar-refractivity contribution in [2.75, 3.05) is 0 Å². The van der Waals surface area contributed by atoms with E-state index < -0.39 is 5.82 Å². The summed E-state index contributed by atoms with van der Waals surface area (Å²) >= 11 is 7.47. The summed E-state index contributed by atoms with van der Waals surface area (Å²) in [6, 6.07) is 12.6. The summed E-state index contributed by atoms with van der Waals surface area (Å²) in [5.41, 5.74) is 2.20. The summed E-state index contributed by atoms with van der Waals surface area (Å²) < 4.78 is 14.3. The topological polar surface area (TPSA) is 32.7 Å². The second kappa shape index (κ2) is 8.72. The van der Waals surface area contributed by atoms with E-state index >= 15 is 0 Å². The van der Waals surface area contributed by atoms with E-state index in [0.717, 1.165) is 36.9 Å². The summed E-state index contributed by atoms with van der Waals surface area (Å²) in [5, 5.41) is 0.948. The lowest BCUT2D eigenvalue weighted by molar-refractivity contribution is -0.124. The van der Waals surface area contributed by atoms with Gasteiger partial charge in [-0.25, -0.2) is 9.38 Å². The predicted octanol–water partition coefficient (Wildman–Crippen LogP) is 6.72. The molecule has 29 heavy (non-hydrogen) atoms. The fraction of sp³-hybridized carbons (Fsp3) is 0.304. The molecule has 0 aromatic heterocycles. The van der Waals surface area contributed by atoms with Crippen LogP contribution in [0.25, 0.3) is 6.08 Å². The second-order valence-corrected chi connectivity index (χ2v) is 8.86. The Morgan fingerprint density at radius 2 is 1.86 bits per heavy atom. The largest absolute Gasteiger partial charge is 0.283 e. The first-order valence-corrected chi connectivity index (χ1v) is 11.0. The number of thioether (sulfide) groups is 1. The molecule has 0 atom stereocenters. The molecule has 2 aromatic rings. The third-order valence-corrected chi connectivity index (χ3v) is 6.62. The molecule has 1 saturated carbocycles. The lowest BCUT2D eigenvalue weighted by Gasteiger charge is -2.30. The van der Waals surface area contributed by atoms with Gasteiger partial charge in [-0.2, -0.15) is 0 Å². The van der Waals surface area contributed by atoms with Crippen molar-refractivity contribution >= 4 is 46.2 Å². The fourth-order valence-corrected chi connectivity index (χ4v) is 4.99. The maximum atomic E-state index is 14.3. The molecule has 150 valence electrons. The number of halogens is 2. The van der Waals surface area contributed by atoms with Gasteiger partial charge in [-0.3, -0.25) is 9.69 Å². The van der Waals surface area contributed by atoms with Gasteiger partial charge in [0.05, 0.1) is 15.6 Å². The molecule has 1 heterocycles. The molecule has 0 unspecified atom stereocenters. The van der Waals surface area contributed by atoms with E-state index in [4.69, 9.17) is 16.6 Å². The van der Waals surface area contributed by atoms with E-state index in [0.29, 0.717) is 15.1 Å². The van der Waals surface area contributed by atoms with Crippen LogP contribution in [0.15, 0.2) is 52.4 Å². The minimum absolute atomic E-state index is 0.118. The average Bonchev–Trinajstić information content (AvgIpc) is 3.02. The SMILES string of the molecule is Cc1ccc(N=C2S/C(=C/c3c(F)cccc3Cl)C(=O)N2C2CCCCC2)cc1. The van der Waals surface area contributed by atoms with Crippen molar-refractivity contribution in [3.63, 3.8) is 0 Å². The van der Waals surface area contributed by atoms with Gasteiger partial charge in [-0.1, -0.05) is 54.6 Å². The van der Waals surface area contributed by atoms with Crippen molar-refractivity contribution in [3.05, 3.63) is 69.3 Å². The summed E-state index contributed by atoms with van der Waals surface area (Å²) in [4.78, 5) is 20.3. The zero-order chi connectivity index (χ0) is 20.4. The molecule has 6 heteroatoms. The van der Waals surface area contributed by atoms with E-state index in [1.807, 2.05) is 36.1 Å². The highest BCUT2D eigenvalue weighted by Crippen LogP contribution is 2.39.